The molecule has 9 nitrogen and oxygen atoms in total. The molecule has 0 saturated heterocycles. The van der Waals surface area contributed by atoms with E-state index < -0.39 is 11.5 Å². The van der Waals surface area contributed by atoms with E-state index in [4.69, 9.17) is 21.1 Å². The Morgan fingerprint density at radius 2 is 2.00 bits per heavy atom. The summed E-state index contributed by atoms with van der Waals surface area (Å²) in [6.07, 6.45) is 5.32. The predicted molar refractivity (Wildman–Crippen MR) is 118 cm³/mol. The molecule has 0 spiro atoms. The van der Waals surface area contributed by atoms with Crippen molar-refractivity contribution in [1.82, 2.24) is 20.2 Å². The van der Waals surface area contributed by atoms with Gasteiger partial charge in [-0.05, 0) is 49.7 Å². The fraction of sp³-hybridized carbons (Fsp3) is 0.381. The molecule has 32 heavy (non-hydrogen) atoms. The van der Waals surface area contributed by atoms with E-state index in [9.17, 15) is 9.90 Å². The Bertz CT molecular complexity index is 1200. The van der Waals surface area contributed by atoms with E-state index in [0.717, 1.165) is 36.3 Å². The van der Waals surface area contributed by atoms with E-state index in [1.807, 2.05) is 6.92 Å². The lowest BCUT2D eigenvalue weighted by Crippen LogP contribution is -2.69. The van der Waals surface area contributed by atoms with E-state index in [0.29, 0.717) is 39.4 Å². The third kappa shape index (κ3) is 3.78. The van der Waals surface area contributed by atoms with E-state index in [1.54, 1.807) is 12.1 Å². The number of amides is 1. The number of methoxy groups -OCH3 is 1. The lowest BCUT2D eigenvalue weighted by atomic mass is 9.41. The van der Waals surface area contributed by atoms with Gasteiger partial charge in [0.05, 0.1) is 31.1 Å². The molecule has 3 aliphatic carbocycles. The average molecular weight is 474 g/mol. The van der Waals surface area contributed by atoms with Crippen LogP contribution in [0.1, 0.15) is 35.3 Å². The molecule has 3 aromatic rings. The van der Waals surface area contributed by atoms with Crippen LogP contribution >= 0.6 is 22.9 Å². The van der Waals surface area contributed by atoms with E-state index >= 15 is 0 Å². The summed E-state index contributed by atoms with van der Waals surface area (Å²) < 4.78 is 11.2. The number of nitrogens with one attached hydrogen (secondary N) is 1. The lowest BCUT2D eigenvalue weighted by molar-refractivity contribution is -0.269. The van der Waals surface area contributed by atoms with Gasteiger partial charge in [-0.25, -0.2) is 4.98 Å². The van der Waals surface area contributed by atoms with Gasteiger partial charge < -0.3 is 14.6 Å². The summed E-state index contributed by atoms with van der Waals surface area (Å²) in [7, 11) is 1.53. The van der Waals surface area contributed by atoms with Gasteiger partial charge in [-0.3, -0.25) is 15.1 Å². The molecule has 3 saturated carbocycles. The maximum absolute atomic E-state index is 13.1. The second-order valence-electron chi connectivity index (χ2n) is 8.45. The quantitative estimate of drug-likeness (QED) is 0.500. The SMILES string of the molecule is COc1cnc(Cl)cc1-c1cc(C)ncc1C(=O)Nc1nnc(OCC23CC(O)(C2)C3)s1. The van der Waals surface area contributed by atoms with Crippen molar-refractivity contribution in [2.45, 2.75) is 31.8 Å². The van der Waals surface area contributed by atoms with Crippen LogP contribution in [0.25, 0.3) is 11.1 Å². The van der Waals surface area contributed by atoms with Gasteiger partial charge in [-0.1, -0.05) is 16.7 Å². The summed E-state index contributed by atoms with van der Waals surface area (Å²) in [6.45, 7) is 2.33. The molecule has 0 aromatic carbocycles. The summed E-state index contributed by atoms with van der Waals surface area (Å²) in [4.78, 5) is 21.4. The van der Waals surface area contributed by atoms with Crippen molar-refractivity contribution in [3.8, 4) is 22.1 Å². The maximum Gasteiger partial charge on any atom is 0.295 e. The predicted octanol–water partition coefficient (Wildman–Crippen LogP) is 3.51. The highest BCUT2D eigenvalue weighted by Crippen LogP contribution is 2.67. The van der Waals surface area contributed by atoms with Crippen molar-refractivity contribution >= 4 is 34.0 Å². The molecular formula is C21H20ClN5O4S. The normalized spacial score (nSPS) is 23.1. The van der Waals surface area contributed by atoms with Crippen LogP contribution in [0.2, 0.25) is 5.15 Å². The number of rotatable bonds is 7. The summed E-state index contributed by atoms with van der Waals surface area (Å²) >= 11 is 7.23. The van der Waals surface area contributed by atoms with E-state index in [1.165, 1.54) is 19.5 Å². The molecule has 0 atom stereocenters. The highest BCUT2D eigenvalue weighted by Gasteiger charge is 2.67. The highest BCUT2D eigenvalue weighted by atomic mass is 35.5. The number of aromatic nitrogens is 4. The number of aliphatic hydroxyl groups is 1. The zero-order valence-corrected chi connectivity index (χ0v) is 19.0. The van der Waals surface area contributed by atoms with Crippen LogP contribution in [0.3, 0.4) is 0 Å². The van der Waals surface area contributed by atoms with Crippen LogP contribution in [-0.4, -0.2) is 50.5 Å². The summed E-state index contributed by atoms with van der Waals surface area (Å²) in [5.74, 6) is 0.0887. The number of carbonyl (C=O) groups is 1. The van der Waals surface area contributed by atoms with Crippen molar-refractivity contribution in [2.24, 2.45) is 5.41 Å². The lowest BCUT2D eigenvalue weighted by Gasteiger charge is -2.67. The minimum absolute atomic E-state index is 0.0666. The number of anilines is 1. The Morgan fingerprint density at radius 3 is 2.72 bits per heavy atom. The standard InChI is InChI=1S/C21H20ClN5O4S/c1-11-3-12(13-4-16(22)24-6-15(13)30-2)14(5-23-11)17(28)25-18-26-27-19(32-18)31-10-20-7-21(29,8-20)9-20/h3-6,29H,7-10H2,1-2H3,(H,25,26,28). The third-order valence-corrected chi connectivity index (χ3v) is 6.83. The fourth-order valence-electron chi connectivity index (χ4n) is 4.54. The Balaban J connectivity index is 1.33. The molecule has 0 radical (unpaired) electrons. The molecule has 3 fully saturated rings. The van der Waals surface area contributed by atoms with Crippen molar-refractivity contribution in [2.75, 3.05) is 19.0 Å². The molecule has 6 rings (SSSR count). The molecule has 3 heterocycles. The number of ether oxygens (including phenoxy) is 2. The van der Waals surface area contributed by atoms with E-state index in [2.05, 4.69) is 25.5 Å². The minimum Gasteiger partial charge on any atom is -0.494 e. The first-order valence-electron chi connectivity index (χ1n) is 9.95. The maximum atomic E-state index is 13.1. The number of pyridine rings is 2. The number of nitrogens with zero attached hydrogens (tertiary/aromatic N) is 4. The molecule has 11 heteroatoms. The molecule has 0 aliphatic heterocycles. The molecule has 2 bridgehead atoms. The molecule has 3 aliphatic rings. The van der Waals surface area contributed by atoms with Crippen molar-refractivity contribution in [3.63, 3.8) is 0 Å². The number of carbonyl (C=O) groups excluding carboxylic acids is 1. The van der Waals surface area contributed by atoms with Crippen molar-refractivity contribution in [1.29, 1.82) is 0 Å². The first kappa shape index (κ1) is 21.0. The monoisotopic (exact) mass is 473 g/mol. The van der Waals surface area contributed by atoms with Gasteiger partial charge in [0, 0.05) is 28.4 Å². The highest BCUT2D eigenvalue weighted by molar-refractivity contribution is 7.17. The van der Waals surface area contributed by atoms with Gasteiger partial charge in [0.2, 0.25) is 5.13 Å². The van der Waals surface area contributed by atoms with Crippen LogP contribution in [-0.2, 0) is 0 Å². The fourth-order valence-corrected chi connectivity index (χ4v) is 5.29. The minimum atomic E-state index is -0.467. The zero-order chi connectivity index (χ0) is 22.5. The van der Waals surface area contributed by atoms with Gasteiger partial charge in [0.1, 0.15) is 10.9 Å². The van der Waals surface area contributed by atoms with Gasteiger partial charge in [0.25, 0.3) is 11.1 Å². The third-order valence-electron chi connectivity index (χ3n) is 5.87. The Labute approximate surface area is 192 Å². The van der Waals surface area contributed by atoms with Crippen LogP contribution in [0.15, 0.2) is 24.5 Å². The second-order valence-corrected chi connectivity index (χ2v) is 9.78. The molecule has 2 N–H and O–H groups in total. The summed E-state index contributed by atoms with van der Waals surface area (Å²) in [6, 6.07) is 3.43. The van der Waals surface area contributed by atoms with Crippen molar-refractivity contribution in [3.05, 3.63) is 40.9 Å². The van der Waals surface area contributed by atoms with Gasteiger partial charge >= 0.3 is 0 Å². The Morgan fingerprint density at radius 1 is 1.22 bits per heavy atom. The van der Waals surface area contributed by atoms with Crippen LogP contribution < -0.4 is 14.8 Å². The molecule has 1 amide bonds. The number of aryl methyl sites for hydroxylation is 1. The zero-order valence-electron chi connectivity index (χ0n) is 17.4. The number of halogens is 1. The van der Waals surface area contributed by atoms with Crippen LogP contribution in [0, 0.1) is 12.3 Å². The first-order valence-corrected chi connectivity index (χ1v) is 11.1. The topological polar surface area (TPSA) is 119 Å². The van der Waals surface area contributed by atoms with Gasteiger partial charge in [-0.2, -0.15) is 0 Å². The first-order chi connectivity index (χ1) is 15.3. The Hall–Kier alpha value is -2.82. The van der Waals surface area contributed by atoms with Gasteiger partial charge in [-0.15, -0.1) is 5.10 Å². The van der Waals surface area contributed by atoms with Crippen LogP contribution in [0.5, 0.6) is 10.9 Å². The second kappa shape index (κ2) is 7.65. The molecular weight excluding hydrogens is 454 g/mol. The molecule has 3 aromatic heterocycles. The number of hydrogen-bond donors (Lipinski definition) is 2. The smallest absolute Gasteiger partial charge is 0.295 e. The van der Waals surface area contributed by atoms with E-state index in [-0.39, 0.29) is 10.6 Å². The number of hydrogen-bond acceptors (Lipinski definition) is 9. The van der Waals surface area contributed by atoms with Crippen LogP contribution in [0.4, 0.5) is 5.13 Å². The largest absolute Gasteiger partial charge is 0.494 e. The average Bonchev–Trinajstić information content (AvgIpc) is 3.16. The summed E-state index contributed by atoms with van der Waals surface area (Å²) in [5.41, 5.74) is 1.90. The van der Waals surface area contributed by atoms with Gasteiger partial charge in [0.15, 0.2) is 0 Å². The molecule has 166 valence electrons. The molecule has 0 unspecified atom stereocenters. The Kier molecular flexibility index (Phi) is 5.03. The van der Waals surface area contributed by atoms with Crippen molar-refractivity contribution < 1.29 is 19.4 Å². The summed E-state index contributed by atoms with van der Waals surface area (Å²) in [5, 5.41) is 21.6.